The van der Waals surface area contributed by atoms with Crippen LogP contribution in [0.4, 0.5) is 0 Å². The van der Waals surface area contributed by atoms with Crippen molar-refractivity contribution in [2.75, 3.05) is 6.79 Å². The van der Waals surface area contributed by atoms with E-state index in [1.807, 2.05) is 6.92 Å². The van der Waals surface area contributed by atoms with Crippen LogP contribution in [0.15, 0.2) is 21.5 Å². The number of amides is 1. The van der Waals surface area contributed by atoms with E-state index in [0.717, 1.165) is 4.88 Å². The van der Waals surface area contributed by atoms with Gasteiger partial charge < -0.3 is 24.6 Å². The predicted molar refractivity (Wildman–Crippen MR) is 109 cm³/mol. The van der Waals surface area contributed by atoms with E-state index in [1.165, 1.54) is 34.9 Å². The number of carbonyl (C=O) groups is 3. The van der Waals surface area contributed by atoms with Gasteiger partial charge in [0, 0.05) is 17.7 Å². The van der Waals surface area contributed by atoms with Gasteiger partial charge in [0.15, 0.2) is 0 Å². The van der Waals surface area contributed by atoms with E-state index in [1.54, 1.807) is 23.9 Å². The molecule has 1 amide bonds. The predicted octanol–water partition coefficient (Wildman–Crippen LogP) is 1.47. The Morgan fingerprint density at radius 1 is 1.43 bits per heavy atom. The highest BCUT2D eigenvalue weighted by atomic mass is 32.2. The van der Waals surface area contributed by atoms with E-state index in [4.69, 9.17) is 4.74 Å². The fourth-order valence-electron chi connectivity index (χ4n) is 3.61. The van der Waals surface area contributed by atoms with E-state index < -0.39 is 30.8 Å². The number of aliphatic hydroxyl groups excluding tert-OH is 2. The standard InChI is InChI=1S/C19H22N2O7S2/c1-9-15-14(10(2)23)18(25)21(15)16(19(26)28-8-27-11(3)24)17(9)29-5-4-13-12(6-22)20-7-30-13/h4-5,7,9-10,14-15,22-23H,6,8H2,1-3H3/b5-4-/t9-,10-,14-,15-/m1/s1. The third kappa shape index (κ3) is 4.15. The first-order valence-corrected chi connectivity index (χ1v) is 11.0. The number of hydrogen-bond donors (Lipinski definition) is 2. The Hall–Kier alpha value is -2.21. The van der Waals surface area contributed by atoms with Crippen molar-refractivity contribution in [3.05, 3.63) is 32.1 Å². The van der Waals surface area contributed by atoms with E-state index in [2.05, 4.69) is 9.72 Å². The highest BCUT2D eigenvalue weighted by molar-refractivity contribution is 8.06. The molecular formula is C19H22N2O7S2. The number of fused-ring (bicyclic) bond motifs is 1. The zero-order chi connectivity index (χ0) is 22.0. The van der Waals surface area contributed by atoms with Gasteiger partial charge in [0.1, 0.15) is 5.70 Å². The molecular weight excluding hydrogens is 432 g/mol. The van der Waals surface area contributed by atoms with Gasteiger partial charge in [0.25, 0.3) is 0 Å². The fourth-order valence-corrected chi connectivity index (χ4v) is 5.38. The summed E-state index contributed by atoms with van der Waals surface area (Å²) in [5, 5.41) is 21.1. The summed E-state index contributed by atoms with van der Waals surface area (Å²) in [6, 6.07) is -0.346. The van der Waals surface area contributed by atoms with Crippen LogP contribution in [0.2, 0.25) is 0 Å². The van der Waals surface area contributed by atoms with Gasteiger partial charge in [-0.2, -0.15) is 0 Å². The van der Waals surface area contributed by atoms with Gasteiger partial charge in [0.05, 0.1) is 40.8 Å². The van der Waals surface area contributed by atoms with Crippen molar-refractivity contribution in [1.82, 2.24) is 9.88 Å². The molecule has 0 aromatic carbocycles. The van der Waals surface area contributed by atoms with Crippen molar-refractivity contribution < 1.29 is 34.1 Å². The molecule has 2 aliphatic rings. The minimum Gasteiger partial charge on any atom is -0.428 e. The number of thioether (sulfide) groups is 1. The van der Waals surface area contributed by atoms with Crippen LogP contribution in [0.3, 0.4) is 0 Å². The van der Waals surface area contributed by atoms with Crippen LogP contribution in [0.5, 0.6) is 0 Å². The van der Waals surface area contributed by atoms with Gasteiger partial charge in [-0.1, -0.05) is 18.7 Å². The van der Waals surface area contributed by atoms with Crippen molar-refractivity contribution in [3.63, 3.8) is 0 Å². The number of aliphatic hydroxyl groups is 2. The molecule has 11 heteroatoms. The summed E-state index contributed by atoms with van der Waals surface area (Å²) in [4.78, 5) is 43.0. The molecule has 1 aromatic heterocycles. The van der Waals surface area contributed by atoms with Gasteiger partial charge in [-0.3, -0.25) is 9.59 Å². The number of aromatic nitrogens is 1. The maximum absolute atomic E-state index is 12.7. The molecule has 1 saturated heterocycles. The summed E-state index contributed by atoms with van der Waals surface area (Å²) in [6.45, 7) is 3.90. The summed E-state index contributed by atoms with van der Waals surface area (Å²) < 4.78 is 9.68. The third-order valence-electron chi connectivity index (χ3n) is 4.99. The number of β-lactam (4-membered cyclic amide) rings is 1. The normalized spacial score (nSPS) is 24.1. The first-order chi connectivity index (χ1) is 14.3. The molecule has 2 aliphatic heterocycles. The van der Waals surface area contributed by atoms with Crippen LogP contribution in [0.1, 0.15) is 31.3 Å². The lowest BCUT2D eigenvalue weighted by Gasteiger charge is -2.46. The fraction of sp³-hybridized carbons (Fsp3) is 0.474. The number of esters is 2. The molecule has 1 aromatic rings. The van der Waals surface area contributed by atoms with Crippen molar-refractivity contribution in [1.29, 1.82) is 0 Å². The average Bonchev–Trinajstić information content (AvgIpc) is 3.22. The zero-order valence-electron chi connectivity index (χ0n) is 16.6. The Morgan fingerprint density at radius 3 is 2.80 bits per heavy atom. The molecule has 0 aliphatic carbocycles. The van der Waals surface area contributed by atoms with Crippen molar-refractivity contribution in [3.8, 4) is 0 Å². The van der Waals surface area contributed by atoms with Gasteiger partial charge in [0.2, 0.25) is 12.7 Å². The second kappa shape index (κ2) is 9.29. The third-order valence-corrected chi connectivity index (χ3v) is 6.92. The second-order valence-electron chi connectivity index (χ2n) is 6.89. The Morgan fingerprint density at radius 2 is 2.17 bits per heavy atom. The number of thiazole rings is 1. The molecule has 162 valence electrons. The Kier molecular flexibility index (Phi) is 6.96. The van der Waals surface area contributed by atoms with Crippen LogP contribution in [-0.4, -0.2) is 56.9 Å². The molecule has 9 nitrogen and oxygen atoms in total. The van der Waals surface area contributed by atoms with Crippen molar-refractivity contribution in [2.24, 2.45) is 11.8 Å². The maximum Gasteiger partial charge on any atom is 0.358 e. The Balaban J connectivity index is 1.84. The largest absolute Gasteiger partial charge is 0.428 e. The molecule has 0 radical (unpaired) electrons. The first-order valence-electron chi connectivity index (χ1n) is 9.20. The number of rotatable bonds is 8. The minimum atomic E-state index is -0.844. The smallest absolute Gasteiger partial charge is 0.358 e. The molecule has 0 bridgehead atoms. The highest BCUT2D eigenvalue weighted by Gasteiger charge is 2.60. The van der Waals surface area contributed by atoms with E-state index in [9.17, 15) is 24.6 Å². The van der Waals surface area contributed by atoms with Gasteiger partial charge >= 0.3 is 11.9 Å². The van der Waals surface area contributed by atoms with Crippen molar-refractivity contribution >= 4 is 47.0 Å². The van der Waals surface area contributed by atoms with Crippen LogP contribution >= 0.6 is 23.1 Å². The highest BCUT2D eigenvalue weighted by Crippen LogP contribution is 2.51. The summed E-state index contributed by atoms with van der Waals surface area (Å²) in [5.41, 5.74) is 2.28. The lowest BCUT2D eigenvalue weighted by atomic mass is 9.79. The summed E-state index contributed by atoms with van der Waals surface area (Å²) in [6.07, 6.45) is 0.933. The van der Waals surface area contributed by atoms with Crippen LogP contribution in [-0.2, 0) is 30.5 Å². The summed E-state index contributed by atoms with van der Waals surface area (Å²) in [7, 11) is 0. The van der Waals surface area contributed by atoms with E-state index in [-0.39, 0.29) is 30.2 Å². The SMILES string of the molecule is CC(=O)OCOC(=O)C1=C(S/C=C\c2scnc2CO)[C@H](C)[C@@H]2[C@@H]([C@@H](C)O)C(=O)N12. The molecule has 4 atom stereocenters. The lowest BCUT2D eigenvalue weighted by Crippen LogP contribution is -2.63. The molecule has 0 saturated carbocycles. The lowest BCUT2D eigenvalue weighted by molar-refractivity contribution is -0.171. The Labute approximate surface area is 181 Å². The molecule has 0 unspecified atom stereocenters. The topological polar surface area (TPSA) is 126 Å². The number of hydrogen-bond acceptors (Lipinski definition) is 10. The molecule has 3 heterocycles. The van der Waals surface area contributed by atoms with Gasteiger partial charge in [-0.25, -0.2) is 9.78 Å². The van der Waals surface area contributed by atoms with Crippen molar-refractivity contribution in [2.45, 2.75) is 39.5 Å². The van der Waals surface area contributed by atoms with E-state index >= 15 is 0 Å². The summed E-state index contributed by atoms with van der Waals surface area (Å²) in [5.74, 6) is -2.50. The van der Waals surface area contributed by atoms with E-state index in [0.29, 0.717) is 10.6 Å². The zero-order valence-corrected chi connectivity index (χ0v) is 18.2. The number of carbonyl (C=O) groups excluding carboxylic acids is 3. The molecule has 2 N–H and O–H groups in total. The first kappa shape index (κ1) is 22.5. The van der Waals surface area contributed by atoms with Crippen LogP contribution in [0.25, 0.3) is 6.08 Å². The van der Waals surface area contributed by atoms with Gasteiger partial charge in [-0.05, 0) is 18.4 Å². The summed E-state index contributed by atoms with van der Waals surface area (Å²) >= 11 is 2.63. The molecule has 0 spiro atoms. The van der Waals surface area contributed by atoms with Crippen LogP contribution < -0.4 is 0 Å². The molecule has 3 rings (SSSR count). The minimum absolute atomic E-state index is 0.0999. The monoisotopic (exact) mass is 454 g/mol. The maximum atomic E-state index is 12.7. The molecule has 1 fully saturated rings. The Bertz CT molecular complexity index is 908. The molecule has 30 heavy (non-hydrogen) atoms. The number of ether oxygens (including phenoxy) is 2. The average molecular weight is 455 g/mol. The second-order valence-corrected chi connectivity index (χ2v) is 8.73. The van der Waals surface area contributed by atoms with Crippen LogP contribution in [0, 0.1) is 11.8 Å². The quantitative estimate of drug-likeness (QED) is 0.341. The van der Waals surface area contributed by atoms with Gasteiger partial charge in [-0.15, -0.1) is 11.3 Å². The number of nitrogens with zero attached hydrogens (tertiary/aromatic N) is 2.